The maximum atomic E-state index is 6.31. The average molecular weight is 282 g/mol. The molecule has 1 aliphatic heterocycles. The van der Waals surface area contributed by atoms with Gasteiger partial charge in [0, 0.05) is 10.0 Å². The minimum absolute atomic E-state index is 0.158. The Bertz CT molecular complexity index is 364. The number of ether oxygens (including phenoxy) is 2. The van der Waals surface area contributed by atoms with Crippen LogP contribution in [-0.4, -0.2) is 25.9 Å². The van der Waals surface area contributed by atoms with Crippen molar-refractivity contribution in [3.8, 4) is 0 Å². The van der Waals surface area contributed by atoms with Gasteiger partial charge in [-0.1, -0.05) is 29.3 Å². The van der Waals surface area contributed by atoms with Crippen LogP contribution >= 0.6 is 34.8 Å². The summed E-state index contributed by atoms with van der Waals surface area (Å²) in [6.07, 6.45) is -0.158. The highest BCUT2D eigenvalue weighted by molar-refractivity contribution is 6.35. The van der Waals surface area contributed by atoms with Crippen molar-refractivity contribution < 1.29 is 9.47 Å². The third kappa shape index (κ3) is 2.82. The summed E-state index contributed by atoms with van der Waals surface area (Å²) >= 11 is 18.2. The van der Waals surface area contributed by atoms with Crippen LogP contribution < -0.4 is 0 Å². The Hall–Kier alpha value is 0.01000. The second-order valence-electron chi connectivity index (χ2n) is 3.55. The maximum Gasteiger partial charge on any atom is 0.101 e. The molecule has 0 amide bonds. The van der Waals surface area contributed by atoms with Gasteiger partial charge in [0.05, 0.1) is 25.2 Å². The first kappa shape index (κ1) is 12.5. The largest absolute Gasteiger partial charge is 0.376 e. The molecule has 1 saturated heterocycles. The van der Waals surface area contributed by atoms with Crippen molar-refractivity contribution in [3.05, 3.63) is 33.8 Å². The Morgan fingerprint density at radius 2 is 2.06 bits per heavy atom. The van der Waals surface area contributed by atoms with E-state index in [9.17, 15) is 0 Å². The summed E-state index contributed by atoms with van der Waals surface area (Å²) in [5.41, 5.74) is 0.822. The maximum absolute atomic E-state index is 6.31. The van der Waals surface area contributed by atoms with Gasteiger partial charge < -0.3 is 9.47 Å². The SMILES string of the molecule is Clc1ccc(C(Cl)C2COCCO2)c(Cl)c1. The van der Waals surface area contributed by atoms with E-state index in [-0.39, 0.29) is 11.5 Å². The quantitative estimate of drug-likeness (QED) is 0.770. The van der Waals surface area contributed by atoms with Gasteiger partial charge in [0.1, 0.15) is 6.10 Å². The second kappa shape index (κ2) is 5.56. The highest BCUT2D eigenvalue weighted by Gasteiger charge is 2.26. The van der Waals surface area contributed by atoms with Crippen LogP contribution in [-0.2, 0) is 9.47 Å². The molecule has 5 heteroatoms. The normalized spacial score (nSPS) is 23.1. The van der Waals surface area contributed by atoms with E-state index in [0.717, 1.165) is 5.56 Å². The van der Waals surface area contributed by atoms with E-state index in [0.29, 0.717) is 29.9 Å². The van der Waals surface area contributed by atoms with Crippen molar-refractivity contribution in [1.29, 1.82) is 0 Å². The van der Waals surface area contributed by atoms with E-state index in [1.165, 1.54) is 0 Å². The molecule has 1 aromatic rings. The van der Waals surface area contributed by atoms with Gasteiger partial charge in [-0.2, -0.15) is 0 Å². The number of hydrogen-bond acceptors (Lipinski definition) is 2. The molecule has 1 heterocycles. The van der Waals surface area contributed by atoms with Crippen LogP contribution in [0.5, 0.6) is 0 Å². The minimum atomic E-state index is -0.315. The molecule has 2 unspecified atom stereocenters. The van der Waals surface area contributed by atoms with Crippen molar-refractivity contribution in [2.75, 3.05) is 19.8 Å². The molecule has 1 fully saturated rings. The summed E-state index contributed by atoms with van der Waals surface area (Å²) in [6, 6.07) is 5.26. The number of alkyl halides is 1. The highest BCUT2D eigenvalue weighted by Crippen LogP contribution is 2.34. The average Bonchev–Trinajstić information content (AvgIpc) is 2.29. The third-order valence-electron chi connectivity index (χ3n) is 2.43. The molecule has 16 heavy (non-hydrogen) atoms. The molecule has 0 N–H and O–H groups in total. The lowest BCUT2D eigenvalue weighted by Gasteiger charge is -2.27. The zero-order valence-electron chi connectivity index (χ0n) is 8.46. The summed E-state index contributed by atoms with van der Waals surface area (Å²) in [5, 5.41) is 0.838. The van der Waals surface area contributed by atoms with Crippen LogP contribution in [0.15, 0.2) is 18.2 Å². The van der Waals surface area contributed by atoms with Gasteiger partial charge in [-0.3, -0.25) is 0 Å². The Morgan fingerprint density at radius 3 is 2.69 bits per heavy atom. The van der Waals surface area contributed by atoms with Gasteiger partial charge in [-0.05, 0) is 17.7 Å². The number of rotatable bonds is 2. The number of halogens is 3. The lowest BCUT2D eigenvalue weighted by atomic mass is 10.1. The highest BCUT2D eigenvalue weighted by atomic mass is 35.5. The van der Waals surface area contributed by atoms with Gasteiger partial charge in [0.2, 0.25) is 0 Å². The minimum Gasteiger partial charge on any atom is -0.376 e. The van der Waals surface area contributed by atoms with E-state index in [2.05, 4.69) is 0 Å². The third-order valence-corrected chi connectivity index (χ3v) is 3.51. The number of hydrogen-bond donors (Lipinski definition) is 0. The molecule has 2 atom stereocenters. The molecule has 0 radical (unpaired) electrons. The van der Waals surface area contributed by atoms with Crippen molar-refractivity contribution >= 4 is 34.8 Å². The van der Waals surface area contributed by atoms with Crippen LogP contribution in [0.1, 0.15) is 10.9 Å². The van der Waals surface area contributed by atoms with Crippen molar-refractivity contribution in [2.45, 2.75) is 11.5 Å². The molecule has 1 aromatic carbocycles. The molecule has 2 nitrogen and oxygen atoms in total. The molecular weight excluding hydrogens is 270 g/mol. The van der Waals surface area contributed by atoms with Crippen LogP contribution in [0.2, 0.25) is 10.0 Å². The van der Waals surface area contributed by atoms with Gasteiger partial charge in [-0.25, -0.2) is 0 Å². The summed E-state index contributed by atoms with van der Waals surface area (Å²) < 4.78 is 10.8. The Kier molecular flexibility index (Phi) is 4.34. The van der Waals surface area contributed by atoms with Crippen LogP contribution in [0, 0.1) is 0 Å². The Morgan fingerprint density at radius 1 is 1.25 bits per heavy atom. The zero-order chi connectivity index (χ0) is 11.5. The van der Waals surface area contributed by atoms with Crippen molar-refractivity contribution in [1.82, 2.24) is 0 Å². The molecular formula is C11H11Cl3O2. The van der Waals surface area contributed by atoms with E-state index in [1.807, 2.05) is 6.07 Å². The van der Waals surface area contributed by atoms with E-state index in [4.69, 9.17) is 44.3 Å². The van der Waals surface area contributed by atoms with Crippen LogP contribution in [0.4, 0.5) is 0 Å². The molecule has 1 aliphatic rings. The lowest BCUT2D eigenvalue weighted by molar-refractivity contribution is -0.0892. The number of benzene rings is 1. The first-order valence-corrected chi connectivity index (χ1v) is 6.16. The molecule has 0 aliphatic carbocycles. The Balaban J connectivity index is 2.15. The fourth-order valence-electron chi connectivity index (χ4n) is 1.60. The van der Waals surface area contributed by atoms with Gasteiger partial charge in [0.15, 0.2) is 0 Å². The smallest absolute Gasteiger partial charge is 0.101 e. The van der Waals surface area contributed by atoms with E-state index in [1.54, 1.807) is 12.1 Å². The van der Waals surface area contributed by atoms with Crippen LogP contribution in [0.3, 0.4) is 0 Å². The van der Waals surface area contributed by atoms with E-state index >= 15 is 0 Å². The van der Waals surface area contributed by atoms with E-state index < -0.39 is 0 Å². The zero-order valence-corrected chi connectivity index (χ0v) is 10.7. The predicted octanol–water partition coefficient (Wildman–Crippen LogP) is 3.69. The van der Waals surface area contributed by atoms with Gasteiger partial charge >= 0.3 is 0 Å². The fourth-order valence-corrected chi connectivity index (χ4v) is 2.52. The topological polar surface area (TPSA) is 18.5 Å². The monoisotopic (exact) mass is 280 g/mol. The van der Waals surface area contributed by atoms with Crippen molar-refractivity contribution in [2.24, 2.45) is 0 Å². The summed E-state index contributed by atoms with van der Waals surface area (Å²) in [5.74, 6) is 0. The molecule has 0 saturated carbocycles. The Labute approximate surface area is 109 Å². The first-order chi connectivity index (χ1) is 7.68. The first-order valence-electron chi connectivity index (χ1n) is 4.97. The van der Waals surface area contributed by atoms with Gasteiger partial charge in [0.25, 0.3) is 0 Å². The lowest BCUT2D eigenvalue weighted by Crippen LogP contribution is -2.32. The van der Waals surface area contributed by atoms with Gasteiger partial charge in [-0.15, -0.1) is 11.6 Å². The molecule has 88 valence electrons. The second-order valence-corrected chi connectivity index (χ2v) is 4.87. The predicted molar refractivity (Wildman–Crippen MR) is 65.6 cm³/mol. The molecule has 0 aromatic heterocycles. The van der Waals surface area contributed by atoms with Crippen molar-refractivity contribution in [3.63, 3.8) is 0 Å². The summed E-state index contributed by atoms with van der Waals surface area (Å²) in [4.78, 5) is 0. The fraction of sp³-hybridized carbons (Fsp3) is 0.455. The molecule has 0 bridgehead atoms. The molecule has 0 spiro atoms. The summed E-state index contributed by atoms with van der Waals surface area (Å²) in [7, 11) is 0. The molecule has 2 rings (SSSR count). The van der Waals surface area contributed by atoms with Crippen LogP contribution in [0.25, 0.3) is 0 Å². The summed E-state index contributed by atoms with van der Waals surface area (Å²) in [6.45, 7) is 1.68. The standard InChI is InChI=1S/C11H11Cl3O2/c12-7-1-2-8(9(13)5-7)11(14)10-6-15-3-4-16-10/h1-2,5,10-11H,3-4,6H2.